The van der Waals surface area contributed by atoms with Crippen molar-refractivity contribution in [3.8, 4) is 0 Å². The van der Waals surface area contributed by atoms with Gasteiger partial charge in [-0.3, -0.25) is 14.6 Å². The van der Waals surface area contributed by atoms with Crippen molar-refractivity contribution in [2.45, 2.75) is 25.8 Å². The van der Waals surface area contributed by atoms with Gasteiger partial charge in [-0.2, -0.15) is 0 Å². The number of Topliss-reactive ketones (excluding diaryl/α,β-unsaturated/α-hetero) is 1. The molecule has 2 aromatic rings. The maximum absolute atomic E-state index is 14.2. The van der Waals surface area contributed by atoms with Gasteiger partial charge in [0.15, 0.2) is 11.5 Å². The van der Waals surface area contributed by atoms with Crippen LogP contribution in [0.25, 0.3) is 5.57 Å². The number of halogens is 1. The van der Waals surface area contributed by atoms with Gasteiger partial charge in [-0.25, -0.2) is 4.39 Å². The second-order valence-corrected chi connectivity index (χ2v) is 8.08. The predicted molar refractivity (Wildman–Crippen MR) is 126 cm³/mol. The van der Waals surface area contributed by atoms with Crippen molar-refractivity contribution in [2.75, 3.05) is 14.2 Å². The van der Waals surface area contributed by atoms with E-state index in [1.54, 1.807) is 24.4 Å². The summed E-state index contributed by atoms with van der Waals surface area (Å²) in [4.78, 5) is 29.3. The Balaban J connectivity index is 1.64. The lowest BCUT2D eigenvalue weighted by Crippen LogP contribution is -2.25. The largest absolute Gasteiger partial charge is 0.492 e. The maximum atomic E-state index is 14.2. The predicted octanol–water partition coefficient (Wildman–Crippen LogP) is 4.37. The highest BCUT2D eigenvalue weighted by Crippen LogP contribution is 2.45. The van der Waals surface area contributed by atoms with Crippen LogP contribution in [-0.2, 0) is 25.6 Å². The quantitative estimate of drug-likeness (QED) is 0.664. The summed E-state index contributed by atoms with van der Waals surface area (Å²) < 4.78 is 24.6. The van der Waals surface area contributed by atoms with E-state index in [0.29, 0.717) is 12.1 Å². The van der Waals surface area contributed by atoms with Gasteiger partial charge in [0.2, 0.25) is 5.91 Å². The Kier molecular flexibility index (Phi) is 6.72. The molecule has 174 valence electrons. The molecule has 0 spiro atoms. The Morgan fingerprint density at radius 2 is 1.88 bits per heavy atom. The SMILES string of the molecule is COC1=CC(=CC2=C(C)C(CC(=O)NCc3ccccn3)c3cc(F)ccc32)C=C(OC)C1=O. The van der Waals surface area contributed by atoms with Crippen LogP contribution in [0.2, 0.25) is 0 Å². The summed E-state index contributed by atoms with van der Waals surface area (Å²) >= 11 is 0. The number of ether oxygens (including phenoxy) is 2. The topological polar surface area (TPSA) is 77.5 Å². The van der Waals surface area contributed by atoms with Gasteiger partial charge in [-0.05, 0) is 71.7 Å². The molecule has 6 nitrogen and oxygen atoms in total. The number of nitrogens with zero attached hydrogens (tertiary/aromatic N) is 1. The number of hydrogen-bond donors (Lipinski definition) is 1. The van der Waals surface area contributed by atoms with Gasteiger partial charge in [0.05, 0.1) is 26.5 Å². The van der Waals surface area contributed by atoms with Crippen molar-refractivity contribution in [1.82, 2.24) is 10.3 Å². The molecule has 0 radical (unpaired) electrons. The number of allylic oxidation sites excluding steroid dienone is 6. The lowest BCUT2D eigenvalue weighted by molar-refractivity contribution is -0.121. The zero-order valence-electron chi connectivity index (χ0n) is 19.2. The highest BCUT2D eigenvalue weighted by molar-refractivity contribution is 6.07. The molecular weight excluding hydrogens is 435 g/mol. The summed E-state index contributed by atoms with van der Waals surface area (Å²) in [6.45, 7) is 2.27. The molecule has 1 unspecified atom stereocenters. The number of carbonyl (C=O) groups excluding carboxylic acids is 2. The minimum Gasteiger partial charge on any atom is -0.492 e. The van der Waals surface area contributed by atoms with Crippen LogP contribution in [0.1, 0.15) is 36.1 Å². The van der Waals surface area contributed by atoms with Crippen LogP contribution < -0.4 is 5.32 Å². The number of pyridine rings is 1. The molecule has 0 saturated heterocycles. The summed E-state index contributed by atoms with van der Waals surface area (Å²) in [5.41, 5.74) is 4.90. The molecule has 2 aliphatic carbocycles. The summed E-state index contributed by atoms with van der Waals surface area (Å²) in [6, 6.07) is 10.1. The van der Waals surface area contributed by atoms with Crippen molar-refractivity contribution in [1.29, 1.82) is 0 Å². The third-order valence-corrected chi connectivity index (χ3v) is 6.00. The molecule has 0 saturated carbocycles. The van der Waals surface area contributed by atoms with E-state index >= 15 is 0 Å². The number of amides is 1. The maximum Gasteiger partial charge on any atom is 0.261 e. The smallest absolute Gasteiger partial charge is 0.261 e. The number of ketones is 1. The van der Waals surface area contributed by atoms with Gasteiger partial charge >= 0.3 is 0 Å². The molecule has 0 aliphatic heterocycles. The van der Waals surface area contributed by atoms with Crippen molar-refractivity contribution in [2.24, 2.45) is 0 Å². The van der Waals surface area contributed by atoms with Gasteiger partial charge in [0.25, 0.3) is 5.78 Å². The van der Waals surface area contributed by atoms with Crippen LogP contribution in [0, 0.1) is 5.82 Å². The van der Waals surface area contributed by atoms with Gasteiger partial charge in [0, 0.05) is 18.5 Å². The van der Waals surface area contributed by atoms with E-state index in [1.807, 2.05) is 31.2 Å². The number of rotatable bonds is 7. The zero-order valence-corrected chi connectivity index (χ0v) is 19.2. The van der Waals surface area contributed by atoms with Crippen LogP contribution in [0.15, 0.2) is 83.5 Å². The molecule has 1 aromatic carbocycles. The molecule has 2 aliphatic rings. The third kappa shape index (κ3) is 4.69. The van der Waals surface area contributed by atoms with Gasteiger partial charge < -0.3 is 14.8 Å². The first-order valence-corrected chi connectivity index (χ1v) is 10.9. The second-order valence-electron chi connectivity index (χ2n) is 8.08. The number of benzene rings is 1. The molecule has 1 aromatic heterocycles. The molecule has 0 bridgehead atoms. The Morgan fingerprint density at radius 1 is 1.15 bits per heavy atom. The van der Waals surface area contributed by atoms with Crippen molar-refractivity contribution < 1.29 is 23.5 Å². The van der Waals surface area contributed by atoms with Crippen molar-refractivity contribution in [3.05, 3.63) is 106 Å². The van der Waals surface area contributed by atoms with Crippen LogP contribution in [0.3, 0.4) is 0 Å². The molecule has 1 heterocycles. The molecular formula is C27H25FN2O4. The number of fused-ring (bicyclic) bond motifs is 1. The zero-order chi connectivity index (χ0) is 24.2. The Labute approximate surface area is 197 Å². The summed E-state index contributed by atoms with van der Waals surface area (Å²) in [6.07, 6.45) is 7.04. The highest BCUT2D eigenvalue weighted by Gasteiger charge is 2.31. The standard InChI is InChI=1S/C27H25FN2O4/c1-16-21(10-17-11-24(33-2)27(32)25(12-17)34-3)20-8-7-18(28)13-23(20)22(16)14-26(31)30-15-19-6-4-5-9-29-19/h4-13,22H,14-15H2,1-3H3,(H,30,31). The van der Waals surface area contributed by atoms with E-state index in [0.717, 1.165) is 28.0 Å². The number of carbonyl (C=O) groups is 2. The minimum absolute atomic E-state index is 0.148. The number of aromatic nitrogens is 1. The molecule has 1 N–H and O–H groups in total. The second kappa shape index (κ2) is 9.87. The Hall–Kier alpha value is -4.00. The first kappa shape index (κ1) is 23.2. The lowest BCUT2D eigenvalue weighted by Gasteiger charge is -2.14. The van der Waals surface area contributed by atoms with Gasteiger partial charge in [-0.15, -0.1) is 0 Å². The third-order valence-electron chi connectivity index (χ3n) is 6.00. The summed E-state index contributed by atoms with van der Waals surface area (Å²) in [7, 11) is 2.86. The number of methoxy groups -OCH3 is 2. The Bertz CT molecular complexity index is 1230. The monoisotopic (exact) mass is 460 g/mol. The molecule has 4 rings (SSSR count). The fourth-order valence-electron chi connectivity index (χ4n) is 4.25. The molecule has 0 fully saturated rings. The first-order valence-electron chi connectivity index (χ1n) is 10.9. The van der Waals surface area contributed by atoms with E-state index in [4.69, 9.17) is 9.47 Å². The molecule has 34 heavy (non-hydrogen) atoms. The fourth-order valence-corrected chi connectivity index (χ4v) is 4.25. The molecule has 1 atom stereocenters. The van der Waals surface area contributed by atoms with Crippen LogP contribution in [0.5, 0.6) is 0 Å². The van der Waals surface area contributed by atoms with Gasteiger partial charge in [0.1, 0.15) is 5.82 Å². The van der Waals surface area contributed by atoms with Crippen LogP contribution in [-0.4, -0.2) is 30.9 Å². The van der Waals surface area contributed by atoms with Crippen molar-refractivity contribution in [3.63, 3.8) is 0 Å². The first-order chi connectivity index (χ1) is 16.4. The molecule has 1 amide bonds. The summed E-state index contributed by atoms with van der Waals surface area (Å²) in [5, 5.41) is 2.90. The molecule has 7 heteroatoms. The number of hydrogen-bond acceptors (Lipinski definition) is 5. The normalized spacial score (nSPS) is 17.1. The van der Waals surface area contributed by atoms with Gasteiger partial charge in [-0.1, -0.05) is 17.7 Å². The summed E-state index contributed by atoms with van der Waals surface area (Å²) in [5.74, 6) is -0.762. The fraction of sp³-hybridized carbons (Fsp3) is 0.222. The van der Waals surface area contributed by atoms with E-state index in [2.05, 4.69) is 10.3 Å². The van der Waals surface area contributed by atoms with E-state index in [9.17, 15) is 14.0 Å². The van der Waals surface area contributed by atoms with E-state index in [-0.39, 0.29) is 41.4 Å². The highest BCUT2D eigenvalue weighted by atomic mass is 19.1. The average Bonchev–Trinajstić information content (AvgIpc) is 3.09. The minimum atomic E-state index is -0.356. The van der Waals surface area contributed by atoms with E-state index < -0.39 is 0 Å². The lowest BCUT2D eigenvalue weighted by atomic mass is 9.92. The van der Waals surface area contributed by atoms with Crippen molar-refractivity contribution >= 4 is 17.3 Å². The van der Waals surface area contributed by atoms with E-state index in [1.165, 1.54) is 26.4 Å². The average molecular weight is 461 g/mol. The van der Waals surface area contributed by atoms with Crippen LogP contribution in [0.4, 0.5) is 4.39 Å². The Morgan fingerprint density at radius 3 is 2.53 bits per heavy atom. The van der Waals surface area contributed by atoms with Crippen LogP contribution >= 0.6 is 0 Å². The number of nitrogens with one attached hydrogen (secondary N) is 1.